The smallest absolute Gasteiger partial charge is 0.219 e. The number of fused-ring (bicyclic) bond motifs is 1. The quantitative estimate of drug-likeness (QED) is 0.866. The monoisotopic (exact) mass is 293 g/mol. The molecule has 3 fully saturated rings. The summed E-state index contributed by atoms with van der Waals surface area (Å²) in [5, 5.41) is 3.41. The van der Waals surface area contributed by atoms with E-state index in [0.717, 1.165) is 18.9 Å². The summed E-state index contributed by atoms with van der Waals surface area (Å²) < 4.78 is 6.14. The van der Waals surface area contributed by atoms with Crippen LogP contribution in [-0.4, -0.2) is 24.7 Å². The lowest BCUT2D eigenvalue weighted by Crippen LogP contribution is -2.60. The first-order chi connectivity index (χ1) is 9.83. The van der Waals surface area contributed by atoms with Crippen LogP contribution in [-0.2, 0) is 9.53 Å². The molecule has 2 bridgehead atoms. The molecule has 0 unspecified atom stereocenters. The molecule has 3 heteroatoms. The third kappa shape index (κ3) is 2.07. The Labute approximate surface area is 129 Å². The zero-order chi connectivity index (χ0) is 15.4. The van der Waals surface area contributed by atoms with Gasteiger partial charge in [-0.25, -0.2) is 0 Å². The average molecular weight is 293 g/mol. The lowest BCUT2D eigenvalue weighted by atomic mass is 9.58. The van der Waals surface area contributed by atoms with Crippen molar-refractivity contribution >= 4 is 5.91 Å². The van der Waals surface area contributed by atoms with Gasteiger partial charge in [-0.3, -0.25) is 4.79 Å². The third-order valence-corrected chi connectivity index (χ3v) is 6.83. The maximum Gasteiger partial charge on any atom is 0.219 e. The molecule has 0 aromatic rings. The fourth-order valence-corrected chi connectivity index (χ4v) is 5.75. The van der Waals surface area contributed by atoms with Crippen LogP contribution in [0.5, 0.6) is 0 Å². The predicted octanol–water partition coefficient (Wildman–Crippen LogP) is 3.38. The van der Waals surface area contributed by atoms with Crippen molar-refractivity contribution in [3.63, 3.8) is 0 Å². The number of hydrogen-bond donors (Lipinski definition) is 1. The molecule has 0 radical (unpaired) electrons. The van der Waals surface area contributed by atoms with E-state index in [1.165, 1.54) is 12.8 Å². The highest BCUT2D eigenvalue weighted by atomic mass is 16.5. The lowest BCUT2D eigenvalue weighted by molar-refractivity contribution is -0.144. The van der Waals surface area contributed by atoms with Crippen molar-refractivity contribution in [2.75, 3.05) is 6.61 Å². The Balaban J connectivity index is 1.93. The Bertz CT molecular complexity index is 431. The maximum atomic E-state index is 12.1. The molecule has 2 aliphatic carbocycles. The van der Waals surface area contributed by atoms with Crippen molar-refractivity contribution in [1.29, 1.82) is 0 Å². The van der Waals surface area contributed by atoms with E-state index in [-0.39, 0.29) is 16.7 Å². The molecule has 3 aliphatic rings. The molecule has 1 heterocycles. The normalized spacial score (nSPS) is 43.9. The second-order valence-corrected chi connectivity index (χ2v) is 8.48. The Morgan fingerprint density at radius 2 is 2.10 bits per heavy atom. The van der Waals surface area contributed by atoms with Crippen LogP contribution in [0.4, 0.5) is 0 Å². The van der Waals surface area contributed by atoms with E-state index in [1.54, 1.807) is 0 Å². The van der Waals surface area contributed by atoms with Gasteiger partial charge >= 0.3 is 0 Å². The van der Waals surface area contributed by atoms with E-state index in [9.17, 15) is 4.79 Å². The van der Waals surface area contributed by atoms with Crippen molar-refractivity contribution in [2.24, 2.45) is 28.6 Å². The predicted molar refractivity (Wildman–Crippen MR) is 83.8 cm³/mol. The first kappa shape index (κ1) is 15.3. The van der Waals surface area contributed by atoms with Gasteiger partial charge in [0, 0.05) is 19.1 Å². The minimum Gasteiger partial charge on any atom is -0.378 e. The number of hydrogen-bond acceptors (Lipinski definition) is 2. The van der Waals surface area contributed by atoms with E-state index < -0.39 is 0 Å². The second-order valence-electron chi connectivity index (χ2n) is 8.48. The van der Waals surface area contributed by atoms with Crippen LogP contribution in [0.2, 0.25) is 0 Å². The minimum absolute atomic E-state index is 0.210. The molecule has 120 valence electrons. The summed E-state index contributed by atoms with van der Waals surface area (Å²) in [5.41, 5.74) is 0.506. The van der Waals surface area contributed by atoms with E-state index >= 15 is 0 Å². The van der Waals surface area contributed by atoms with Gasteiger partial charge in [-0.05, 0) is 47.8 Å². The highest BCUT2D eigenvalue weighted by molar-refractivity contribution is 5.76. The molecule has 1 N–H and O–H groups in total. The summed E-state index contributed by atoms with van der Waals surface area (Å²) in [4.78, 5) is 12.1. The van der Waals surface area contributed by atoms with Crippen LogP contribution in [0, 0.1) is 28.6 Å². The van der Waals surface area contributed by atoms with Gasteiger partial charge in [0.25, 0.3) is 0 Å². The van der Waals surface area contributed by atoms with Gasteiger partial charge in [0.2, 0.25) is 5.91 Å². The molecule has 0 aromatic heterocycles. The zero-order valence-corrected chi connectivity index (χ0v) is 14.2. The lowest BCUT2D eigenvalue weighted by Gasteiger charge is -2.54. The van der Waals surface area contributed by atoms with E-state index in [1.807, 2.05) is 6.92 Å². The SMILES string of the molecule is CCC(=O)N[C@H]1C(C)(C)[C@@H]2C[C@@H]3[C@@H](C(C)C)OCC[C@@]31C2. The van der Waals surface area contributed by atoms with Crippen molar-refractivity contribution < 1.29 is 9.53 Å². The van der Waals surface area contributed by atoms with Crippen LogP contribution < -0.4 is 5.32 Å². The van der Waals surface area contributed by atoms with Gasteiger partial charge in [-0.15, -0.1) is 0 Å². The summed E-state index contributed by atoms with van der Waals surface area (Å²) in [5.74, 6) is 2.14. The molecular formula is C18H31NO2. The molecule has 0 aromatic carbocycles. The number of carbonyl (C=O) groups excluding carboxylic acids is 1. The standard InChI is InChI=1S/C18H31NO2/c1-6-14(20)19-16-17(4,5)12-9-13-15(11(2)3)21-8-7-18(13,16)10-12/h11-13,15-16H,6-10H2,1-5H3,(H,19,20)/t12-,13-,15-,16+,18-/m1/s1. The molecule has 5 atom stereocenters. The van der Waals surface area contributed by atoms with Gasteiger partial charge < -0.3 is 10.1 Å². The Morgan fingerprint density at radius 3 is 2.71 bits per heavy atom. The van der Waals surface area contributed by atoms with Crippen LogP contribution in [0.3, 0.4) is 0 Å². The van der Waals surface area contributed by atoms with E-state index in [0.29, 0.717) is 30.4 Å². The van der Waals surface area contributed by atoms with E-state index in [2.05, 4.69) is 33.0 Å². The molecule has 1 amide bonds. The summed E-state index contributed by atoms with van der Waals surface area (Å²) in [7, 11) is 0. The fourth-order valence-electron chi connectivity index (χ4n) is 5.75. The van der Waals surface area contributed by atoms with Crippen molar-refractivity contribution in [3.05, 3.63) is 0 Å². The molecule has 3 rings (SSSR count). The largest absolute Gasteiger partial charge is 0.378 e. The summed E-state index contributed by atoms with van der Waals surface area (Å²) in [6.07, 6.45) is 4.65. The average Bonchev–Trinajstić information content (AvgIpc) is 2.91. The van der Waals surface area contributed by atoms with Crippen LogP contribution >= 0.6 is 0 Å². The molecule has 21 heavy (non-hydrogen) atoms. The van der Waals surface area contributed by atoms with Gasteiger partial charge in [0.05, 0.1) is 6.10 Å². The Morgan fingerprint density at radius 1 is 1.38 bits per heavy atom. The summed E-state index contributed by atoms with van der Waals surface area (Å²) in [6, 6.07) is 0.325. The van der Waals surface area contributed by atoms with Gasteiger partial charge in [-0.2, -0.15) is 0 Å². The second kappa shape index (κ2) is 4.97. The molecule has 3 nitrogen and oxygen atoms in total. The molecule has 1 saturated heterocycles. The van der Waals surface area contributed by atoms with E-state index in [4.69, 9.17) is 4.74 Å². The maximum absolute atomic E-state index is 12.1. The Hall–Kier alpha value is -0.570. The number of ether oxygens (including phenoxy) is 1. The molecule has 1 aliphatic heterocycles. The first-order valence-corrected chi connectivity index (χ1v) is 8.74. The van der Waals surface area contributed by atoms with Gasteiger partial charge in [0.1, 0.15) is 0 Å². The minimum atomic E-state index is 0.210. The zero-order valence-electron chi connectivity index (χ0n) is 14.2. The van der Waals surface area contributed by atoms with Crippen molar-refractivity contribution in [3.8, 4) is 0 Å². The van der Waals surface area contributed by atoms with Gasteiger partial charge in [-0.1, -0.05) is 34.6 Å². The fraction of sp³-hybridized carbons (Fsp3) is 0.944. The molecule has 2 saturated carbocycles. The number of rotatable bonds is 3. The van der Waals surface area contributed by atoms with Crippen LogP contribution in [0.25, 0.3) is 0 Å². The molecular weight excluding hydrogens is 262 g/mol. The third-order valence-electron chi connectivity index (χ3n) is 6.83. The van der Waals surface area contributed by atoms with Crippen LogP contribution in [0.1, 0.15) is 60.3 Å². The topological polar surface area (TPSA) is 38.3 Å². The van der Waals surface area contributed by atoms with Crippen LogP contribution in [0.15, 0.2) is 0 Å². The number of nitrogens with one attached hydrogen (secondary N) is 1. The summed E-state index contributed by atoms with van der Waals surface area (Å²) >= 11 is 0. The highest BCUT2D eigenvalue weighted by Crippen LogP contribution is 2.69. The number of carbonyl (C=O) groups is 1. The Kier molecular flexibility index (Phi) is 3.63. The highest BCUT2D eigenvalue weighted by Gasteiger charge is 2.68. The van der Waals surface area contributed by atoms with Gasteiger partial charge in [0.15, 0.2) is 0 Å². The number of amides is 1. The summed E-state index contributed by atoms with van der Waals surface area (Å²) in [6.45, 7) is 12.1. The van der Waals surface area contributed by atoms with Crippen molar-refractivity contribution in [1.82, 2.24) is 5.32 Å². The van der Waals surface area contributed by atoms with Crippen molar-refractivity contribution in [2.45, 2.75) is 72.4 Å². The molecule has 1 spiro atoms. The first-order valence-electron chi connectivity index (χ1n) is 8.74.